The number of aromatic nitrogens is 2. The minimum absolute atomic E-state index is 0.0494. The van der Waals surface area contributed by atoms with Crippen LogP contribution in [0.15, 0.2) is 52.1 Å². The zero-order valence-electron chi connectivity index (χ0n) is 14.5. The van der Waals surface area contributed by atoms with E-state index in [1.165, 1.54) is 24.3 Å². The highest BCUT2D eigenvalue weighted by molar-refractivity contribution is 7.99. The van der Waals surface area contributed by atoms with Crippen molar-refractivity contribution in [1.82, 2.24) is 10.2 Å². The Kier molecular flexibility index (Phi) is 6.77. The Labute approximate surface area is 174 Å². The van der Waals surface area contributed by atoms with E-state index in [9.17, 15) is 9.18 Å². The van der Waals surface area contributed by atoms with E-state index in [0.717, 1.165) is 11.8 Å². The Morgan fingerprint density at radius 1 is 1.25 bits per heavy atom. The van der Waals surface area contributed by atoms with Crippen LogP contribution in [-0.4, -0.2) is 21.9 Å². The first-order chi connectivity index (χ1) is 13.4. The molecule has 2 aromatic carbocycles. The van der Waals surface area contributed by atoms with E-state index < -0.39 is 6.10 Å². The molecule has 146 valence electrons. The average Bonchev–Trinajstić information content (AvgIpc) is 3.13. The van der Waals surface area contributed by atoms with Crippen LogP contribution in [0.3, 0.4) is 0 Å². The number of hydrogen-bond donors (Lipinski definition) is 1. The standard InChI is InChI=1S/C18H14Cl2FN3O3S/c1-10(26-13-5-3-12(21)4-6-13)17-23-24-18(27-17)28-9-16(25)22-15-7-2-11(19)8-14(15)20/h2-8,10H,9H2,1H3,(H,22,25). The van der Waals surface area contributed by atoms with Gasteiger partial charge >= 0.3 is 0 Å². The third kappa shape index (κ3) is 5.60. The monoisotopic (exact) mass is 441 g/mol. The zero-order chi connectivity index (χ0) is 20.1. The van der Waals surface area contributed by atoms with Gasteiger partial charge < -0.3 is 14.5 Å². The number of anilines is 1. The lowest BCUT2D eigenvalue weighted by Gasteiger charge is -2.10. The smallest absolute Gasteiger partial charge is 0.277 e. The zero-order valence-corrected chi connectivity index (χ0v) is 16.8. The van der Waals surface area contributed by atoms with Gasteiger partial charge in [-0.3, -0.25) is 4.79 Å². The van der Waals surface area contributed by atoms with E-state index >= 15 is 0 Å². The number of nitrogens with zero attached hydrogens (tertiary/aromatic N) is 2. The summed E-state index contributed by atoms with van der Waals surface area (Å²) in [6.07, 6.45) is -0.533. The Morgan fingerprint density at radius 3 is 2.71 bits per heavy atom. The Balaban J connectivity index is 1.52. The van der Waals surface area contributed by atoms with Gasteiger partial charge in [-0.1, -0.05) is 35.0 Å². The van der Waals surface area contributed by atoms with Crippen LogP contribution in [0.4, 0.5) is 10.1 Å². The van der Waals surface area contributed by atoms with Crippen LogP contribution in [0.1, 0.15) is 18.9 Å². The number of carbonyl (C=O) groups excluding carboxylic acids is 1. The van der Waals surface area contributed by atoms with E-state index in [0.29, 0.717) is 21.5 Å². The fourth-order valence-corrected chi connectivity index (χ4v) is 3.14. The first-order valence-electron chi connectivity index (χ1n) is 8.04. The maximum Gasteiger partial charge on any atom is 0.277 e. The first-order valence-corrected chi connectivity index (χ1v) is 9.78. The maximum absolute atomic E-state index is 12.9. The maximum atomic E-state index is 12.9. The van der Waals surface area contributed by atoms with E-state index in [1.54, 1.807) is 25.1 Å². The largest absolute Gasteiger partial charge is 0.481 e. The normalized spacial score (nSPS) is 11.9. The molecular formula is C18H14Cl2FN3O3S. The third-order valence-electron chi connectivity index (χ3n) is 3.43. The van der Waals surface area contributed by atoms with Gasteiger partial charge in [-0.2, -0.15) is 0 Å². The number of nitrogens with one attached hydrogen (secondary N) is 1. The van der Waals surface area contributed by atoms with Gasteiger partial charge in [0.2, 0.25) is 5.91 Å². The summed E-state index contributed by atoms with van der Waals surface area (Å²) >= 11 is 12.9. The summed E-state index contributed by atoms with van der Waals surface area (Å²) in [5.41, 5.74) is 0.462. The number of amides is 1. The minimum atomic E-state index is -0.533. The Hall–Kier alpha value is -2.29. The van der Waals surface area contributed by atoms with Crippen LogP contribution in [0, 0.1) is 5.82 Å². The number of benzene rings is 2. The van der Waals surface area contributed by atoms with Crippen LogP contribution in [0.5, 0.6) is 5.75 Å². The van der Waals surface area contributed by atoms with E-state index in [2.05, 4.69) is 15.5 Å². The molecule has 0 saturated heterocycles. The number of rotatable bonds is 7. The highest BCUT2D eigenvalue weighted by Gasteiger charge is 2.17. The average molecular weight is 442 g/mol. The molecule has 0 bridgehead atoms. The predicted molar refractivity (Wildman–Crippen MR) is 106 cm³/mol. The molecule has 1 heterocycles. The highest BCUT2D eigenvalue weighted by Crippen LogP contribution is 2.27. The molecule has 1 unspecified atom stereocenters. The van der Waals surface area contributed by atoms with Gasteiger partial charge in [0, 0.05) is 5.02 Å². The summed E-state index contributed by atoms with van der Waals surface area (Å²) in [6.45, 7) is 1.72. The van der Waals surface area contributed by atoms with Crippen molar-refractivity contribution >= 4 is 46.6 Å². The van der Waals surface area contributed by atoms with Gasteiger partial charge in [0.15, 0.2) is 6.10 Å². The van der Waals surface area contributed by atoms with Crippen LogP contribution in [0.2, 0.25) is 10.0 Å². The van der Waals surface area contributed by atoms with Crippen molar-refractivity contribution < 1.29 is 18.3 Å². The molecule has 0 aliphatic heterocycles. The summed E-state index contributed by atoms with van der Waals surface area (Å²) in [4.78, 5) is 12.1. The molecule has 6 nitrogen and oxygen atoms in total. The summed E-state index contributed by atoms with van der Waals surface area (Å²) in [5, 5.41) is 11.5. The molecule has 28 heavy (non-hydrogen) atoms. The van der Waals surface area contributed by atoms with Gasteiger partial charge in [0.05, 0.1) is 16.5 Å². The Morgan fingerprint density at radius 2 is 2.00 bits per heavy atom. The minimum Gasteiger partial charge on any atom is -0.481 e. The number of ether oxygens (including phenoxy) is 1. The number of carbonyl (C=O) groups is 1. The van der Waals surface area contributed by atoms with Gasteiger partial charge in [-0.15, -0.1) is 10.2 Å². The molecule has 1 atom stereocenters. The van der Waals surface area contributed by atoms with Crippen molar-refractivity contribution in [3.63, 3.8) is 0 Å². The lowest BCUT2D eigenvalue weighted by Crippen LogP contribution is -2.14. The van der Waals surface area contributed by atoms with Crippen LogP contribution < -0.4 is 10.1 Å². The van der Waals surface area contributed by atoms with Crippen LogP contribution in [0.25, 0.3) is 0 Å². The van der Waals surface area contributed by atoms with E-state index in [-0.39, 0.29) is 28.6 Å². The first kappa shape index (κ1) is 20.4. The third-order valence-corrected chi connectivity index (χ3v) is 4.79. The van der Waals surface area contributed by atoms with Crippen molar-refractivity contribution in [3.8, 4) is 5.75 Å². The molecule has 3 rings (SSSR count). The predicted octanol–water partition coefficient (Wildman–Crippen LogP) is 5.39. The van der Waals surface area contributed by atoms with Crippen LogP contribution in [-0.2, 0) is 4.79 Å². The SMILES string of the molecule is CC(Oc1ccc(F)cc1)c1nnc(SCC(=O)Nc2ccc(Cl)cc2Cl)o1. The van der Waals surface area contributed by atoms with Gasteiger partial charge in [0.25, 0.3) is 11.1 Å². The molecule has 1 N–H and O–H groups in total. The van der Waals surface area contributed by atoms with Crippen LogP contribution >= 0.6 is 35.0 Å². The second-order valence-corrected chi connectivity index (χ2v) is 7.35. The molecule has 0 aliphatic rings. The van der Waals surface area contributed by atoms with Crippen molar-refractivity contribution in [3.05, 3.63) is 64.2 Å². The molecule has 1 amide bonds. The summed E-state index contributed by atoms with van der Waals surface area (Å²) in [7, 11) is 0. The second-order valence-electron chi connectivity index (χ2n) is 5.58. The molecule has 0 aliphatic carbocycles. The molecule has 0 radical (unpaired) electrons. The highest BCUT2D eigenvalue weighted by atomic mass is 35.5. The molecule has 0 saturated carbocycles. The lowest BCUT2D eigenvalue weighted by molar-refractivity contribution is -0.113. The van der Waals surface area contributed by atoms with Crippen molar-refractivity contribution in [1.29, 1.82) is 0 Å². The van der Waals surface area contributed by atoms with E-state index in [1.807, 2.05) is 0 Å². The van der Waals surface area contributed by atoms with Crippen molar-refractivity contribution in [2.75, 3.05) is 11.1 Å². The molecule has 3 aromatic rings. The number of halogens is 3. The molecular weight excluding hydrogens is 428 g/mol. The topological polar surface area (TPSA) is 77.2 Å². The second kappa shape index (κ2) is 9.27. The van der Waals surface area contributed by atoms with Crippen molar-refractivity contribution in [2.24, 2.45) is 0 Å². The Bertz CT molecular complexity index is 969. The molecule has 0 fully saturated rings. The van der Waals surface area contributed by atoms with E-state index in [4.69, 9.17) is 32.4 Å². The van der Waals surface area contributed by atoms with Crippen molar-refractivity contribution in [2.45, 2.75) is 18.3 Å². The summed E-state index contributed by atoms with van der Waals surface area (Å²) < 4.78 is 24.1. The molecule has 10 heteroatoms. The number of thioether (sulfide) groups is 1. The van der Waals surface area contributed by atoms with Gasteiger partial charge in [-0.25, -0.2) is 4.39 Å². The van der Waals surface area contributed by atoms with Gasteiger partial charge in [-0.05, 0) is 49.4 Å². The fourth-order valence-electron chi connectivity index (χ4n) is 2.12. The summed E-state index contributed by atoms with van der Waals surface area (Å²) in [5.74, 6) is 0.126. The lowest BCUT2D eigenvalue weighted by atomic mass is 10.3. The number of hydrogen-bond acceptors (Lipinski definition) is 6. The quantitative estimate of drug-likeness (QED) is 0.495. The molecule has 0 spiro atoms. The summed E-state index contributed by atoms with van der Waals surface area (Å²) in [6, 6.07) is 10.4. The molecule has 1 aromatic heterocycles. The van der Waals surface area contributed by atoms with Gasteiger partial charge in [0.1, 0.15) is 11.6 Å². The fraction of sp³-hybridized carbons (Fsp3) is 0.167.